The van der Waals surface area contributed by atoms with E-state index in [2.05, 4.69) is 25.3 Å². The second-order valence-corrected chi connectivity index (χ2v) is 9.38. The number of hydrogen-bond acceptors (Lipinski definition) is 7. The molecular weight excluding hydrogens is 426 g/mol. The smallest absolute Gasteiger partial charge is 0.408 e. The average Bonchev–Trinajstić information content (AvgIpc) is 2.62. The molecule has 0 bridgehead atoms. The standard InChI is InChI=1S/C19H31N5O6S/c1-13-8-10-14(11-9-13)31(27,28)24-17(20)21-12-6-7-15(16(25)23-29-5)22-18(26)30-19(2,3)4/h8-11,15H,6-7,12H2,1-5H3,(H,22,26)(H,23,25)(H3,20,21,24)/t15-/m0/s1. The predicted octanol–water partition coefficient (Wildman–Crippen LogP) is 0.939. The summed E-state index contributed by atoms with van der Waals surface area (Å²) in [5, 5.41) is 2.47. The molecule has 174 valence electrons. The number of rotatable bonds is 9. The number of alkyl carbamates (subject to hydrolysis) is 1. The Bertz CT molecular complexity index is 878. The van der Waals surface area contributed by atoms with Crippen LogP contribution in [0.2, 0.25) is 0 Å². The van der Waals surface area contributed by atoms with E-state index in [1.165, 1.54) is 19.2 Å². The number of carbonyl (C=O) groups is 2. The molecule has 1 atom stereocenters. The molecule has 0 saturated carbocycles. The van der Waals surface area contributed by atoms with Crippen LogP contribution in [0.3, 0.4) is 0 Å². The van der Waals surface area contributed by atoms with E-state index in [0.717, 1.165) is 5.56 Å². The average molecular weight is 458 g/mol. The van der Waals surface area contributed by atoms with Crippen molar-refractivity contribution < 1.29 is 27.6 Å². The van der Waals surface area contributed by atoms with Gasteiger partial charge in [0.1, 0.15) is 11.6 Å². The van der Waals surface area contributed by atoms with Gasteiger partial charge in [0.2, 0.25) is 5.96 Å². The third-order valence-electron chi connectivity index (χ3n) is 3.71. The van der Waals surface area contributed by atoms with Crippen LogP contribution >= 0.6 is 0 Å². The van der Waals surface area contributed by atoms with Crippen LogP contribution in [-0.2, 0) is 24.4 Å². The minimum absolute atomic E-state index is 0.0640. The molecule has 0 radical (unpaired) electrons. The fourth-order valence-electron chi connectivity index (χ4n) is 2.33. The number of guanidine groups is 1. The lowest BCUT2D eigenvalue weighted by Gasteiger charge is -2.23. The number of aliphatic imine (C=N–C) groups is 1. The van der Waals surface area contributed by atoms with Crippen LogP contribution < -0.4 is 21.3 Å². The number of nitrogens with one attached hydrogen (secondary N) is 3. The molecule has 0 aliphatic heterocycles. The van der Waals surface area contributed by atoms with Gasteiger partial charge in [-0.1, -0.05) is 17.7 Å². The zero-order valence-corrected chi connectivity index (χ0v) is 19.2. The molecule has 0 aliphatic carbocycles. The minimum atomic E-state index is -3.84. The van der Waals surface area contributed by atoms with Crippen molar-refractivity contribution in [3.63, 3.8) is 0 Å². The first-order valence-electron chi connectivity index (χ1n) is 9.56. The van der Waals surface area contributed by atoms with Crippen molar-refractivity contribution in [2.75, 3.05) is 13.7 Å². The van der Waals surface area contributed by atoms with Crippen LogP contribution in [0.4, 0.5) is 4.79 Å². The highest BCUT2D eigenvalue weighted by Crippen LogP contribution is 2.10. The van der Waals surface area contributed by atoms with Gasteiger partial charge in [0.05, 0.1) is 12.0 Å². The fourth-order valence-corrected chi connectivity index (χ4v) is 3.28. The summed E-state index contributed by atoms with van der Waals surface area (Å²) in [7, 11) is -2.57. The molecule has 0 fully saturated rings. The van der Waals surface area contributed by atoms with E-state index >= 15 is 0 Å². The van der Waals surface area contributed by atoms with Gasteiger partial charge in [-0.2, -0.15) is 0 Å². The zero-order valence-electron chi connectivity index (χ0n) is 18.4. The Morgan fingerprint density at radius 1 is 1.19 bits per heavy atom. The van der Waals surface area contributed by atoms with Crippen LogP contribution in [0.1, 0.15) is 39.2 Å². The molecule has 12 heteroatoms. The van der Waals surface area contributed by atoms with Crippen LogP contribution in [0.5, 0.6) is 0 Å². The van der Waals surface area contributed by atoms with E-state index in [4.69, 9.17) is 10.5 Å². The van der Waals surface area contributed by atoms with Gasteiger partial charge in [-0.05, 0) is 52.7 Å². The summed E-state index contributed by atoms with van der Waals surface area (Å²) in [6.45, 7) is 7.07. The molecule has 0 heterocycles. The van der Waals surface area contributed by atoms with Crippen molar-refractivity contribution >= 4 is 28.0 Å². The lowest BCUT2D eigenvalue weighted by Crippen LogP contribution is -2.48. The van der Waals surface area contributed by atoms with Gasteiger partial charge in [0.25, 0.3) is 15.9 Å². The third-order valence-corrected chi connectivity index (χ3v) is 5.08. The molecule has 0 aliphatic rings. The van der Waals surface area contributed by atoms with Crippen molar-refractivity contribution in [3.05, 3.63) is 29.8 Å². The number of nitrogens with zero attached hydrogens (tertiary/aromatic N) is 1. The Labute approximate surface area is 182 Å². The molecule has 0 aromatic heterocycles. The second-order valence-electron chi connectivity index (χ2n) is 7.70. The molecule has 31 heavy (non-hydrogen) atoms. The fraction of sp³-hybridized carbons (Fsp3) is 0.526. The molecule has 2 amide bonds. The molecule has 0 unspecified atom stereocenters. The molecule has 0 spiro atoms. The summed E-state index contributed by atoms with van der Waals surface area (Å²) in [5.74, 6) is -0.844. The SMILES string of the molecule is CONC(=O)[C@H](CCCN=C(N)NS(=O)(=O)c1ccc(C)cc1)NC(=O)OC(C)(C)C. The van der Waals surface area contributed by atoms with Gasteiger partial charge < -0.3 is 15.8 Å². The lowest BCUT2D eigenvalue weighted by molar-refractivity contribution is -0.133. The quantitative estimate of drug-likeness (QED) is 0.186. The lowest BCUT2D eigenvalue weighted by atomic mass is 10.1. The summed E-state index contributed by atoms with van der Waals surface area (Å²) >= 11 is 0. The summed E-state index contributed by atoms with van der Waals surface area (Å²) in [6.07, 6.45) is -0.238. The largest absolute Gasteiger partial charge is 0.444 e. The Morgan fingerprint density at radius 2 is 1.81 bits per heavy atom. The summed E-state index contributed by atoms with van der Waals surface area (Å²) in [6, 6.07) is 5.34. The molecule has 1 aromatic carbocycles. The number of hydroxylamine groups is 1. The van der Waals surface area contributed by atoms with Crippen molar-refractivity contribution in [2.45, 2.75) is 57.1 Å². The highest BCUT2D eigenvalue weighted by Gasteiger charge is 2.24. The van der Waals surface area contributed by atoms with E-state index in [1.54, 1.807) is 32.9 Å². The number of nitrogens with two attached hydrogens (primary N) is 1. The maximum atomic E-state index is 12.3. The van der Waals surface area contributed by atoms with E-state index in [-0.39, 0.29) is 23.8 Å². The Kier molecular flexibility index (Phi) is 9.72. The number of amides is 2. The van der Waals surface area contributed by atoms with E-state index < -0.39 is 33.7 Å². The predicted molar refractivity (Wildman–Crippen MR) is 116 cm³/mol. The molecule has 1 aromatic rings. The zero-order chi connectivity index (χ0) is 23.7. The van der Waals surface area contributed by atoms with E-state index in [1.807, 2.05) is 6.92 Å². The van der Waals surface area contributed by atoms with Crippen LogP contribution in [0.25, 0.3) is 0 Å². The molecule has 5 N–H and O–H groups in total. The Hall–Kier alpha value is -2.86. The number of ether oxygens (including phenoxy) is 1. The van der Waals surface area contributed by atoms with Gasteiger partial charge >= 0.3 is 6.09 Å². The first-order chi connectivity index (χ1) is 14.3. The van der Waals surface area contributed by atoms with Gasteiger partial charge in [-0.25, -0.2) is 23.4 Å². The molecular formula is C19H31N5O6S. The molecule has 11 nitrogen and oxygen atoms in total. The maximum absolute atomic E-state index is 12.3. The first-order valence-corrected chi connectivity index (χ1v) is 11.0. The number of carbonyl (C=O) groups excluding carboxylic acids is 2. The van der Waals surface area contributed by atoms with Gasteiger partial charge in [0.15, 0.2) is 0 Å². The Balaban J connectivity index is 2.64. The van der Waals surface area contributed by atoms with Crippen molar-refractivity contribution in [1.29, 1.82) is 0 Å². The van der Waals surface area contributed by atoms with E-state index in [9.17, 15) is 18.0 Å². The number of sulfonamides is 1. The maximum Gasteiger partial charge on any atom is 0.408 e. The summed E-state index contributed by atoms with van der Waals surface area (Å²) in [5.41, 5.74) is 8.03. The third kappa shape index (κ3) is 10.1. The van der Waals surface area contributed by atoms with Crippen molar-refractivity contribution in [3.8, 4) is 0 Å². The molecule has 1 rings (SSSR count). The topological polar surface area (TPSA) is 161 Å². The van der Waals surface area contributed by atoms with Crippen molar-refractivity contribution in [2.24, 2.45) is 10.7 Å². The first kappa shape index (κ1) is 26.2. The molecule has 0 saturated heterocycles. The number of aryl methyl sites for hydroxylation is 1. The van der Waals surface area contributed by atoms with Crippen LogP contribution in [0.15, 0.2) is 34.2 Å². The second kappa shape index (κ2) is 11.5. The highest BCUT2D eigenvalue weighted by atomic mass is 32.2. The number of hydrogen-bond donors (Lipinski definition) is 4. The monoisotopic (exact) mass is 457 g/mol. The minimum Gasteiger partial charge on any atom is -0.444 e. The van der Waals surface area contributed by atoms with Gasteiger partial charge in [-0.3, -0.25) is 14.6 Å². The summed E-state index contributed by atoms with van der Waals surface area (Å²) in [4.78, 5) is 32.7. The normalized spacial score (nSPS) is 13.3. The van der Waals surface area contributed by atoms with Crippen molar-refractivity contribution in [1.82, 2.24) is 15.5 Å². The highest BCUT2D eigenvalue weighted by molar-refractivity contribution is 7.90. The Morgan fingerprint density at radius 3 is 2.35 bits per heavy atom. The van der Waals surface area contributed by atoms with Crippen LogP contribution in [-0.4, -0.2) is 51.7 Å². The van der Waals surface area contributed by atoms with Crippen LogP contribution in [0, 0.1) is 6.92 Å². The number of benzene rings is 1. The van der Waals surface area contributed by atoms with E-state index in [0.29, 0.717) is 6.42 Å². The summed E-state index contributed by atoms with van der Waals surface area (Å²) < 4.78 is 31.9. The van der Waals surface area contributed by atoms with Gasteiger partial charge in [0, 0.05) is 6.54 Å². The van der Waals surface area contributed by atoms with Gasteiger partial charge in [-0.15, -0.1) is 0 Å².